The summed E-state index contributed by atoms with van der Waals surface area (Å²) in [6, 6.07) is 9.47. The Morgan fingerprint density at radius 3 is 2.65 bits per heavy atom. The van der Waals surface area contributed by atoms with Crippen LogP contribution < -0.4 is 5.32 Å². The maximum atomic E-state index is 12.2. The van der Waals surface area contributed by atoms with E-state index in [9.17, 15) is 14.7 Å². The van der Waals surface area contributed by atoms with Crippen molar-refractivity contribution in [3.63, 3.8) is 0 Å². The van der Waals surface area contributed by atoms with Gasteiger partial charge in [-0.1, -0.05) is 49.6 Å². The first-order chi connectivity index (χ1) is 11.1. The van der Waals surface area contributed by atoms with E-state index in [-0.39, 0.29) is 18.9 Å². The second-order valence-corrected chi connectivity index (χ2v) is 6.77. The summed E-state index contributed by atoms with van der Waals surface area (Å²) in [5.41, 5.74) is 0.295. The van der Waals surface area contributed by atoms with Gasteiger partial charge >= 0.3 is 12.1 Å². The molecule has 0 radical (unpaired) electrons. The van der Waals surface area contributed by atoms with Crippen molar-refractivity contribution in [3.05, 3.63) is 35.9 Å². The largest absolute Gasteiger partial charge is 0.481 e. The van der Waals surface area contributed by atoms with Crippen LogP contribution in [0.2, 0.25) is 0 Å². The van der Waals surface area contributed by atoms with E-state index in [1.807, 2.05) is 30.3 Å². The first kappa shape index (κ1) is 15.8. The van der Waals surface area contributed by atoms with Crippen LogP contribution in [-0.2, 0) is 16.1 Å². The van der Waals surface area contributed by atoms with E-state index in [1.165, 1.54) is 6.42 Å². The summed E-state index contributed by atoms with van der Waals surface area (Å²) < 4.78 is 5.28. The molecule has 1 unspecified atom stereocenters. The Bertz CT molecular complexity index is 574. The van der Waals surface area contributed by atoms with E-state index in [0.29, 0.717) is 5.92 Å². The number of rotatable bonds is 5. The van der Waals surface area contributed by atoms with E-state index >= 15 is 0 Å². The number of carboxylic acid groups (broad SMARTS) is 1. The van der Waals surface area contributed by atoms with Crippen molar-refractivity contribution in [2.45, 2.75) is 50.7 Å². The predicted molar refractivity (Wildman–Crippen MR) is 84.8 cm³/mol. The van der Waals surface area contributed by atoms with Crippen LogP contribution in [0.3, 0.4) is 0 Å². The fourth-order valence-corrected chi connectivity index (χ4v) is 4.26. The van der Waals surface area contributed by atoms with Gasteiger partial charge in [-0.15, -0.1) is 0 Å². The summed E-state index contributed by atoms with van der Waals surface area (Å²) in [5, 5.41) is 12.1. The summed E-state index contributed by atoms with van der Waals surface area (Å²) in [6.45, 7) is 0.198. The second-order valence-electron chi connectivity index (χ2n) is 6.77. The molecular weight excluding hydrogens is 294 g/mol. The molecule has 1 aromatic rings. The number of hydrogen-bond acceptors (Lipinski definition) is 3. The van der Waals surface area contributed by atoms with Crippen molar-refractivity contribution in [3.8, 4) is 0 Å². The number of carboxylic acids is 1. The van der Waals surface area contributed by atoms with Crippen LogP contribution in [-0.4, -0.2) is 22.7 Å². The zero-order chi connectivity index (χ0) is 16.3. The second kappa shape index (κ2) is 6.60. The Morgan fingerprint density at radius 2 is 1.96 bits per heavy atom. The van der Waals surface area contributed by atoms with Gasteiger partial charge in [0.15, 0.2) is 0 Å². The smallest absolute Gasteiger partial charge is 0.407 e. The number of alkyl carbamates (subject to hydrolysis) is 1. The van der Waals surface area contributed by atoms with Gasteiger partial charge in [0.2, 0.25) is 0 Å². The van der Waals surface area contributed by atoms with Gasteiger partial charge in [-0.25, -0.2) is 4.79 Å². The molecule has 0 heterocycles. The Kier molecular flexibility index (Phi) is 4.55. The molecule has 0 bridgehead atoms. The van der Waals surface area contributed by atoms with E-state index in [1.54, 1.807) is 0 Å². The van der Waals surface area contributed by atoms with Crippen molar-refractivity contribution in [1.29, 1.82) is 0 Å². The van der Waals surface area contributed by atoms with Gasteiger partial charge in [-0.3, -0.25) is 4.79 Å². The minimum atomic E-state index is -0.864. The summed E-state index contributed by atoms with van der Waals surface area (Å²) in [4.78, 5) is 23.4. The van der Waals surface area contributed by atoms with E-state index in [4.69, 9.17) is 4.74 Å². The lowest BCUT2D eigenvalue weighted by Crippen LogP contribution is -2.65. The molecule has 2 fully saturated rings. The molecule has 0 aromatic heterocycles. The average molecular weight is 317 g/mol. The van der Waals surface area contributed by atoms with Crippen LogP contribution in [0.15, 0.2) is 30.3 Å². The Morgan fingerprint density at radius 1 is 1.22 bits per heavy atom. The molecule has 2 N–H and O–H groups in total. The molecule has 1 amide bonds. The van der Waals surface area contributed by atoms with Gasteiger partial charge < -0.3 is 15.2 Å². The molecule has 1 aromatic carbocycles. The molecule has 2 saturated carbocycles. The first-order valence-electron chi connectivity index (χ1n) is 8.30. The highest BCUT2D eigenvalue weighted by Crippen LogP contribution is 2.53. The van der Waals surface area contributed by atoms with Crippen molar-refractivity contribution >= 4 is 12.1 Å². The Labute approximate surface area is 136 Å². The highest BCUT2D eigenvalue weighted by molar-refractivity contribution is 5.73. The van der Waals surface area contributed by atoms with Crippen LogP contribution in [0.1, 0.15) is 44.1 Å². The number of aliphatic carboxylic acids is 1. The Hall–Kier alpha value is -2.04. The maximum absolute atomic E-state index is 12.2. The van der Waals surface area contributed by atoms with E-state index in [2.05, 4.69) is 5.32 Å². The molecule has 0 saturated heterocycles. The Balaban J connectivity index is 1.60. The number of amides is 1. The summed E-state index contributed by atoms with van der Waals surface area (Å²) in [5.74, 6) is -0.0356. The number of fused-ring (bicyclic) bond motifs is 1. The van der Waals surface area contributed by atoms with Crippen LogP contribution in [0.5, 0.6) is 0 Å². The highest BCUT2D eigenvalue weighted by atomic mass is 16.5. The third-order valence-corrected chi connectivity index (χ3v) is 5.28. The number of nitrogens with one attached hydrogen (secondary N) is 1. The normalized spacial score (nSPS) is 29.0. The van der Waals surface area contributed by atoms with Crippen molar-refractivity contribution < 1.29 is 19.4 Å². The molecular formula is C18H23NO4. The highest BCUT2D eigenvalue weighted by Gasteiger charge is 2.56. The van der Waals surface area contributed by atoms with Crippen molar-refractivity contribution in [2.75, 3.05) is 0 Å². The molecule has 2 aliphatic carbocycles. The third kappa shape index (κ3) is 3.49. The summed E-state index contributed by atoms with van der Waals surface area (Å²) in [7, 11) is 0. The topological polar surface area (TPSA) is 75.6 Å². The quantitative estimate of drug-likeness (QED) is 0.873. The fourth-order valence-electron chi connectivity index (χ4n) is 4.26. The van der Waals surface area contributed by atoms with Crippen molar-refractivity contribution in [1.82, 2.24) is 5.32 Å². The lowest BCUT2D eigenvalue weighted by atomic mass is 9.53. The zero-order valence-corrected chi connectivity index (χ0v) is 13.2. The lowest BCUT2D eigenvalue weighted by Gasteiger charge is -2.57. The maximum Gasteiger partial charge on any atom is 0.407 e. The fraction of sp³-hybridized carbons (Fsp3) is 0.556. The van der Waals surface area contributed by atoms with E-state index < -0.39 is 17.6 Å². The molecule has 0 aliphatic heterocycles. The number of carbonyl (C=O) groups is 2. The van der Waals surface area contributed by atoms with Gasteiger partial charge in [-0.2, -0.15) is 0 Å². The molecule has 3 rings (SSSR count). The minimum absolute atomic E-state index is 0.0192. The van der Waals surface area contributed by atoms with Crippen LogP contribution in [0.4, 0.5) is 4.79 Å². The summed E-state index contributed by atoms with van der Waals surface area (Å²) in [6.07, 6.45) is 4.69. The minimum Gasteiger partial charge on any atom is -0.481 e. The van der Waals surface area contributed by atoms with Gasteiger partial charge in [-0.05, 0) is 30.2 Å². The monoisotopic (exact) mass is 317 g/mol. The van der Waals surface area contributed by atoms with Gasteiger partial charge in [0.1, 0.15) is 6.61 Å². The molecule has 5 nitrogen and oxygen atoms in total. The SMILES string of the molecule is O=C(O)CC1(NC(=O)OCc2ccccc2)C[C@@H]2CCCC[C@@H]21. The number of carbonyl (C=O) groups excluding carboxylic acids is 1. The molecule has 0 spiro atoms. The van der Waals surface area contributed by atoms with Gasteiger partial charge in [0, 0.05) is 0 Å². The molecule has 2 aliphatic rings. The summed E-state index contributed by atoms with van der Waals surface area (Å²) >= 11 is 0. The van der Waals surface area contributed by atoms with Crippen LogP contribution in [0, 0.1) is 11.8 Å². The van der Waals surface area contributed by atoms with E-state index in [0.717, 1.165) is 31.2 Å². The van der Waals surface area contributed by atoms with Crippen molar-refractivity contribution in [2.24, 2.45) is 11.8 Å². The first-order valence-corrected chi connectivity index (χ1v) is 8.30. The number of hydrogen-bond donors (Lipinski definition) is 2. The van der Waals surface area contributed by atoms with Crippen LogP contribution in [0.25, 0.3) is 0 Å². The van der Waals surface area contributed by atoms with Crippen LogP contribution >= 0.6 is 0 Å². The lowest BCUT2D eigenvalue weighted by molar-refractivity contribution is -0.143. The molecule has 3 atom stereocenters. The third-order valence-electron chi connectivity index (χ3n) is 5.28. The number of benzene rings is 1. The number of ether oxygens (including phenoxy) is 1. The van der Waals surface area contributed by atoms with Gasteiger partial charge in [0.05, 0.1) is 12.0 Å². The zero-order valence-electron chi connectivity index (χ0n) is 13.2. The standard InChI is InChI=1S/C18H23NO4/c20-16(21)11-18(10-14-8-4-5-9-15(14)18)19-17(22)23-12-13-6-2-1-3-7-13/h1-3,6-7,14-15H,4-5,8-12H2,(H,19,22)(H,20,21)/t14-,15-,18?/m0/s1. The molecule has 23 heavy (non-hydrogen) atoms. The van der Waals surface area contributed by atoms with Gasteiger partial charge in [0.25, 0.3) is 0 Å². The predicted octanol–water partition coefficient (Wildman–Crippen LogP) is 3.34. The molecule has 5 heteroatoms. The molecule has 124 valence electrons. The average Bonchev–Trinajstić information content (AvgIpc) is 2.52.